The van der Waals surface area contributed by atoms with Crippen molar-refractivity contribution in [1.82, 2.24) is 0 Å². The van der Waals surface area contributed by atoms with Crippen LogP contribution in [-0.4, -0.2) is 5.91 Å². The van der Waals surface area contributed by atoms with E-state index in [4.69, 9.17) is 17.3 Å². The molecule has 0 heterocycles. The van der Waals surface area contributed by atoms with Gasteiger partial charge in [-0.15, -0.1) is 11.6 Å². The Bertz CT molecular complexity index is 314. The van der Waals surface area contributed by atoms with Gasteiger partial charge in [0.1, 0.15) is 0 Å². The average molecular weight is 249 g/mol. The maximum atomic E-state index is 10.8. The molecule has 0 saturated heterocycles. The molecule has 0 aliphatic heterocycles. The molecule has 4 heteroatoms. The summed E-state index contributed by atoms with van der Waals surface area (Å²) in [6.45, 7) is 0. The van der Waals surface area contributed by atoms with Gasteiger partial charge in [-0.3, -0.25) is 4.79 Å². The number of rotatable bonds is 2. The lowest BCUT2D eigenvalue weighted by Crippen LogP contribution is -2.13. The van der Waals surface area contributed by atoms with Gasteiger partial charge >= 0.3 is 0 Å². The van der Waals surface area contributed by atoms with E-state index in [1.807, 2.05) is 0 Å². The molecular formula is C8H7BrClNO. The molecule has 0 spiro atoms. The Balaban J connectivity index is 3.20. The Morgan fingerprint density at radius 2 is 2.25 bits per heavy atom. The second kappa shape index (κ2) is 3.92. The van der Waals surface area contributed by atoms with Crippen LogP contribution >= 0.6 is 27.5 Å². The normalized spacial score (nSPS) is 9.83. The lowest BCUT2D eigenvalue weighted by atomic mass is 10.1. The van der Waals surface area contributed by atoms with Crippen LogP contribution in [0, 0.1) is 0 Å². The Morgan fingerprint density at radius 3 is 2.75 bits per heavy atom. The standard InChI is InChI=1S/C8H7BrClNO/c9-6-1-2-7(8(11)12)5(3-6)4-10/h1-3H,4H2,(H2,11,12). The van der Waals surface area contributed by atoms with Crippen LogP contribution in [0.4, 0.5) is 0 Å². The van der Waals surface area contributed by atoms with E-state index in [9.17, 15) is 4.79 Å². The van der Waals surface area contributed by atoms with E-state index in [0.29, 0.717) is 5.56 Å². The SMILES string of the molecule is NC(=O)c1ccc(Br)cc1CCl. The number of hydrogen-bond acceptors (Lipinski definition) is 1. The molecule has 0 aliphatic rings. The molecule has 0 unspecified atom stereocenters. The van der Waals surface area contributed by atoms with E-state index in [0.717, 1.165) is 10.0 Å². The molecule has 0 saturated carbocycles. The molecule has 1 aromatic carbocycles. The molecule has 0 aromatic heterocycles. The number of primary amides is 1. The largest absolute Gasteiger partial charge is 0.366 e. The van der Waals surface area contributed by atoms with Gasteiger partial charge in [-0.1, -0.05) is 15.9 Å². The number of hydrogen-bond donors (Lipinski definition) is 1. The predicted molar refractivity (Wildman–Crippen MR) is 52.2 cm³/mol. The first-order chi connectivity index (χ1) is 5.65. The van der Waals surface area contributed by atoms with Crippen molar-refractivity contribution < 1.29 is 4.79 Å². The molecule has 1 amide bonds. The predicted octanol–water partition coefficient (Wildman–Crippen LogP) is 2.29. The molecule has 12 heavy (non-hydrogen) atoms. The molecule has 0 bridgehead atoms. The van der Waals surface area contributed by atoms with Gasteiger partial charge in [0.15, 0.2) is 0 Å². The minimum Gasteiger partial charge on any atom is -0.366 e. The number of carbonyl (C=O) groups is 1. The van der Waals surface area contributed by atoms with E-state index in [2.05, 4.69) is 15.9 Å². The lowest BCUT2D eigenvalue weighted by molar-refractivity contribution is 0.0999. The van der Waals surface area contributed by atoms with Gasteiger partial charge in [0.25, 0.3) is 0 Å². The van der Waals surface area contributed by atoms with E-state index in [1.165, 1.54) is 0 Å². The maximum absolute atomic E-state index is 10.8. The van der Waals surface area contributed by atoms with Crippen molar-refractivity contribution in [1.29, 1.82) is 0 Å². The monoisotopic (exact) mass is 247 g/mol. The summed E-state index contributed by atoms with van der Waals surface area (Å²) in [5.74, 6) is -0.157. The molecular weight excluding hydrogens is 241 g/mol. The average Bonchev–Trinajstić information content (AvgIpc) is 2.03. The molecule has 1 aromatic rings. The summed E-state index contributed by atoms with van der Waals surface area (Å²) >= 11 is 8.89. The fourth-order valence-electron chi connectivity index (χ4n) is 0.913. The van der Waals surface area contributed by atoms with E-state index >= 15 is 0 Å². The van der Waals surface area contributed by atoms with Crippen molar-refractivity contribution in [3.63, 3.8) is 0 Å². The second-order valence-corrected chi connectivity index (χ2v) is 3.48. The molecule has 1 rings (SSSR count). The molecule has 0 aliphatic carbocycles. The maximum Gasteiger partial charge on any atom is 0.249 e. The highest BCUT2D eigenvalue weighted by molar-refractivity contribution is 9.10. The second-order valence-electron chi connectivity index (χ2n) is 2.30. The fraction of sp³-hybridized carbons (Fsp3) is 0.125. The van der Waals surface area contributed by atoms with Crippen LogP contribution in [0.1, 0.15) is 15.9 Å². The van der Waals surface area contributed by atoms with Crippen LogP contribution in [0.3, 0.4) is 0 Å². The molecule has 0 atom stereocenters. The summed E-state index contributed by atoms with van der Waals surface area (Å²) in [7, 11) is 0. The van der Waals surface area contributed by atoms with Crippen LogP contribution in [-0.2, 0) is 5.88 Å². The number of carbonyl (C=O) groups excluding carboxylic acids is 1. The van der Waals surface area contributed by atoms with Gasteiger partial charge in [0.05, 0.1) is 0 Å². The van der Waals surface area contributed by atoms with Crippen LogP contribution in [0.2, 0.25) is 0 Å². The highest BCUT2D eigenvalue weighted by atomic mass is 79.9. The van der Waals surface area contributed by atoms with E-state index in [-0.39, 0.29) is 5.88 Å². The molecule has 2 nitrogen and oxygen atoms in total. The van der Waals surface area contributed by atoms with Crippen LogP contribution in [0.15, 0.2) is 22.7 Å². The number of benzene rings is 1. The van der Waals surface area contributed by atoms with E-state index in [1.54, 1.807) is 18.2 Å². The van der Waals surface area contributed by atoms with Crippen molar-refractivity contribution in [3.8, 4) is 0 Å². The van der Waals surface area contributed by atoms with Crippen LogP contribution < -0.4 is 5.73 Å². The Morgan fingerprint density at radius 1 is 1.58 bits per heavy atom. The number of alkyl halides is 1. The zero-order chi connectivity index (χ0) is 9.14. The van der Waals surface area contributed by atoms with Gasteiger partial charge in [-0.05, 0) is 23.8 Å². The van der Waals surface area contributed by atoms with Gasteiger partial charge in [-0.2, -0.15) is 0 Å². The summed E-state index contributed by atoms with van der Waals surface area (Å²) in [5.41, 5.74) is 6.36. The first kappa shape index (κ1) is 9.55. The molecule has 64 valence electrons. The van der Waals surface area contributed by atoms with Gasteiger partial charge in [-0.25, -0.2) is 0 Å². The zero-order valence-corrected chi connectivity index (χ0v) is 8.52. The Hall–Kier alpha value is -0.540. The summed E-state index contributed by atoms with van der Waals surface area (Å²) < 4.78 is 0.892. The summed E-state index contributed by atoms with van der Waals surface area (Å²) in [6, 6.07) is 5.20. The summed E-state index contributed by atoms with van der Waals surface area (Å²) in [6.07, 6.45) is 0. The number of halogens is 2. The minimum absolute atomic E-state index is 0.289. The Labute approximate surface area is 83.8 Å². The van der Waals surface area contributed by atoms with Gasteiger partial charge < -0.3 is 5.73 Å². The fourth-order valence-corrected chi connectivity index (χ4v) is 1.54. The van der Waals surface area contributed by atoms with Crippen molar-refractivity contribution in [2.45, 2.75) is 5.88 Å². The number of nitrogens with two attached hydrogens (primary N) is 1. The van der Waals surface area contributed by atoms with Crippen molar-refractivity contribution in [2.75, 3.05) is 0 Å². The Kier molecular flexibility index (Phi) is 3.12. The highest BCUT2D eigenvalue weighted by Gasteiger charge is 2.06. The molecule has 0 fully saturated rings. The van der Waals surface area contributed by atoms with Gasteiger partial charge in [0.2, 0.25) is 5.91 Å². The third-order valence-corrected chi connectivity index (χ3v) is 2.26. The topological polar surface area (TPSA) is 43.1 Å². The lowest BCUT2D eigenvalue weighted by Gasteiger charge is -2.02. The van der Waals surface area contributed by atoms with E-state index < -0.39 is 5.91 Å². The summed E-state index contributed by atoms with van der Waals surface area (Å²) in [4.78, 5) is 10.8. The minimum atomic E-state index is -0.446. The quantitative estimate of drug-likeness (QED) is 0.802. The number of amides is 1. The molecule has 0 radical (unpaired) electrons. The molecule has 2 N–H and O–H groups in total. The first-order valence-electron chi connectivity index (χ1n) is 3.29. The van der Waals surface area contributed by atoms with Crippen molar-refractivity contribution in [2.24, 2.45) is 5.73 Å². The highest BCUT2D eigenvalue weighted by Crippen LogP contribution is 2.17. The first-order valence-corrected chi connectivity index (χ1v) is 4.62. The van der Waals surface area contributed by atoms with Crippen LogP contribution in [0.5, 0.6) is 0 Å². The third kappa shape index (κ3) is 1.99. The third-order valence-electron chi connectivity index (χ3n) is 1.48. The van der Waals surface area contributed by atoms with Crippen LogP contribution in [0.25, 0.3) is 0 Å². The van der Waals surface area contributed by atoms with Crippen molar-refractivity contribution >= 4 is 33.4 Å². The van der Waals surface area contributed by atoms with Gasteiger partial charge in [0, 0.05) is 15.9 Å². The van der Waals surface area contributed by atoms with Crippen molar-refractivity contribution in [3.05, 3.63) is 33.8 Å². The smallest absolute Gasteiger partial charge is 0.249 e. The zero-order valence-electron chi connectivity index (χ0n) is 6.18. The summed E-state index contributed by atoms with van der Waals surface area (Å²) in [5, 5.41) is 0.